The molecule has 4 fully saturated rings. The fourth-order valence-electron chi connectivity index (χ4n) is 8.41. The fourth-order valence-corrected chi connectivity index (χ4v) is 8.56. The van der Waals surface area contributed by atoms with Gasteiger partial charge in [0.05, 0.1) is 5.69 Å². The van der Waals surface area contributed by atoms with Gasteiger partial charge in [0.1, 0.15) is 11.3 Å². The average Bonchev–Trinajstić information content (AvgIpc) is 3.35. The Morgan fingerprint density at radius 3 is 2.76 bits per heavy atom. The summed E-state index contributed by atoms with van der Waals surface area (Å²) in [7, 11) is 0. The van der Waals surface area contributed by atoms with E-state index in [-0.39, 0.29) is 5.91 Å². The monoisotopic (exact) mass is 474 g/mol. The van der Waals surface area contributed by atoms with Crippen LogP contribution in [-0.4, -0.2) is 20.8 Å². The summed E-state index contributed by atoms with van der Waals surface area (Å²) in [6.45, 7) is 2.50. The molecule has 176 valence electrons. The second-order valence-corrected chi connectivity index (χ2v) is 11.7. The van der Waals surface area contributed by atoms with E-state index in [0.717, 1.165) is 29.0 Å². The molecule has 5 nitrogen and oxygen atoms in total. The highest BCUT2D eigenvalue weighted by Crippen LogP contribution is 2.77. The summed E-state index contributed by atoms with van der Waals surface area (Å²) in [6, 6.07) is 12.2. The van der Waals surface area contributed by atoms with Crippen molar-refractivity contribution in [3.8, 4) is 0 Å². The van der Waals surface area contributed by atoms with Crippen LogP contribution in [0.15, 0.2) is 42.6 Å². The number of pyridine rings is 1. The molecule has 7 rings (SSSR count). The lowest BCUT2D eigenvalue weighted by Crippen LogP contribution is -2.62. The molecule has 34 heavy (non-hydrogen) atoms. The van der Waals surface area contributed by atoms with Gasteiger partial charge in [0, 0.05) is 35.1 Å². The number of nitrogens with one attached hydrogen (secondary N) is 2. The van der Waals surface area contributed by atoms with Crippen LogP contribution in [0.5, 0.6) is 0 Å². The van der Waals surface area contributed by atoms with Crippen LogP contribution in [-0.2, 0) is 13.0 Å². The van der Waals surface area contributed by atoms with E-state index < -0.39 is 0 Å². The molecule has 5 unspecified atom stereocenters. The van der Waals surface area contributed by atoms with Gasteiger partial charge in [-0.2, -0.15) is 0 Å². The molecule has 2 N–H and O–H groups in total. The number of hydrogen-bond acceptors (Lipinski definition) is 3. The van der Waals surface area contributed by atoms with Gasteiger partial charge in [0.25, 0.3) is 5.91 Å². The number of aromatic nitrogens is 2. The number of fused-ring (bicyclic) bond motifs is 3. The third-order valence-electron chi connectivity index (χ3n) is 9.56. The molecule has 2 aromatic heterocycles. The first-order valence-corrected chi connectivity index (χ1v) is 13.2. The van der Waals surface area contributed by atoms with Crippen LogP contribution >= 0.6 is 11.6 Å². The Labute approximate surface area is 205 Å². The molecule has 1 amide bonds. The van der Waals surface area contributed by atoms with Crippen molar-refractivity contribution >= 4 is 28.8 Å². The molecule has 3 aromatic rings. The van der Waals surface area contributed by atoms with E-state index >= 15 is 0 Å². The van der Waals surface area contributed by atoms with E-state index in [4.69, 9.17) is 11.6 Å². The highest BCUT2D eigenvalue weighted by Gasteiger charge is 2.74. The Balaban J connectivity index is 1.05. The van der Waals surface area contributed by atoms with Crippen LogP contribution < -0.4 is 10.6 Å². The Morgan fingerprint density at radius 2 is 1.94 bits per heavy atom. The van der Waals surface area contributed by atoms with E-state index in [2.05, 4.69) is 39.9 Å². The van der Waals surface area contributed by atoms with Gasteiger partial charge in [-0.3, -0.25) is 9.20 Å². The van der Waals surface area contributed by atoms with Crippen LogP contribution in [0.1, 0.15) is 67.2 Å². The van der Waals surface area contributed by atoms with Gasteiger partial charge >= 0.3 is 0 Å². The summed E-state index contributed by atoms with van der Waals surface area (Å²) in [5, 5.41) is 7.72. The number of amides is 1. The maximum Gasteiger partial charge on any atom is 0.270 e. The molecule has 1 aromatic carbocycles. The summed E-state index contributed by atoms with van der Waals surface area (Å²) in [5.74, 6) is 2.80. The molecule has 0 saturated heterocycles. The molecule has 6 heteroatoms. The number of rotatable bonds is 6. The van der Waals surface area contributed by atoms with Gasteiger partial charge in [-0.15, -0.1) is 0 Å². The van der Waals surface area contributed by atoms with Crippen LogP contribution in [0.25, 0.3) is 5.65 Å². The van der Waals surface area contributed by atoms with E-state index in [9.17, 15) is 4.79 Å². The Hall–Kier alpha value is -2.53. The summed E-state index contributed by atoms with van der Waals surface area (Å²) in [6.07, 6.45) is 11.1. The standard InChI is InChI=1S/C28H31ClN4O/c1-2-23-25(33-8-7-21(29)11-24(33)31-23)26(34)30-16-17-3-5-22(6-4-17)32-28-14-19-9-18-10-20(15-28)27(28,12-18)13-19/h3-8,11,18-20,32H,2,9-10,12-16H2,1H3,(H,30,34). The van der Waals surface area contributed by atoms with E-state index in [1.54, 1.807) is 12.1 Å². The quantitative estimate of drug-likeness (QED) is 0.470. The van der Waals surface area contributed by atoms with Crippen LogP contribution in [0.3, 0.4) is 0 Å². The molecule has 1 spiro atoms. The molecular weight excluding hydrogens is 444 g/mol. The summed E-state index contributed by atoms with van der Waals surface area (Å²) < 4.78 is 1.82. The first kappa shape index (κ1) is 20.8. The zero-order valence-electron chi connectivity index (χ0n) is 19.6. The van der Waals surface area contributed by atoms with Crippen molar-refractivity contribution in [3.63, 3.8) is 0 Å². The lowest BCUT2D eigenvalue weighted by atomic mass is 9.51. The second-order valence-electron chi connectivity index (χ2n) is 11.3. The smallest absolute Gasteiger partial charge is 0.270 e. The number of nitrogens with zero attached hydrogens (tertiary/aromatic N) is 2. The number of anilines is 1. The topological polar surface area (TPSA) is 58.4 Å². The number of imidazole rings is 1. The average molecular weight is 475 g/mol. The van der Waals surface area contributed by atoms with Crippen molar-refractivity contribution in [2.75, 3.05) is 5.32 Å². The van der Waals surface area contributed by atoms with Crippen molar-refractivity contribution in [1.82, 2.24) is 14.7 Å². The molecule has 4 saturated carbocycles. The molecule has 0 aliphatic heterocycles. The molecule has 0 radical (unpaired) electrons. The minimum Gasteiger partial charge on any atom is -0.379 e. The second kappa shape index (κ2) is 7.24. The lowest BCUT2D eigenvalue weighted by Gasteiger charge is -2.59. The van der Waals surface area contributed by atoms with E-state index in [1.807, 2.05) is 17.5 Å². The predicted molar refractivity (Wildman–Crippen MR) is 134 cm³/mol. The zero-order valence-corrected chi connectivity index (χ0v) is 20.4. The van der Waals surface area contributed by atoms with Crippen LogP contribution in [0.2, 0.25) is 5.02 Å². The SMILES string of the molecule is CCc1nc2cc(Cl)ccn2c1C(=O)NCc1ccc(NC23CC4CC5CC(C2)C3(C5)C4)cc1. The van der Waals surface area contributed by atoms with Crippen molar-refractivity contribution in [2.45, 2.75) is 64.0 Å². The van der Waals surface area contributed by atoms with Gasteiger partial charge < -0.3 is 10.6 Å². The molecule has 5 atom stereocenters. The summed E-state index contributed by atoms with van der Waals surface area (Å²) in [4.78, 5) is 17.6. The van der Waals surface area contributed by atoms with Crippen LogP contribution in [0.4, 0.5) is 5.69 Å². The van der Waals surface area contributed by atoms with Gasteiger partial charge in [-0.05, 0) is 91.9 Å². The number of aryl methyl sites for hydroxylation is 1. The van der Waals surface area contributed by atoms with Gasteiger partial charge in [-0.1, -0.05) is 30.7 Å². The Morgan fingerprint density at radius 1 is 1.12 bits per heavy atom. The fraction of sp³-hybridized carbons (Fsp3) is 0.500. The predicted octanol–water partition coefficient (Wildman–Crippen LogP) is 5.86. The third-order valence-corrected chi connectivity index (χ3v) is 9.79. The van der Waals surface area contributed by atoms with Crippen molar-refractivity contribution < 1.29 is 4.79 Å². The highest BCUT2D eigenvalue weighted by atomic mass is 35.5. The minimum absolute atomic E-state index is 0.110. The first-order valence-electron chi connectivity index (χ1n) is 12.8. The minimum atomic E-state index is -0.110. The van der Waals surface area contributed by atoms with Crippen molar-refractivity contribution in [1.29, 1.82) is 0 Å². The number of carbonyl (C=O) groups excluding carboxylic acids is 1. The molecule has 4 aliphatic carbocycles. The number of benzene rings is 1. The number of halogens is 1. The summed E-state index contributed by atoms with van der Waals surface area (Å²) in [5.41, 5.74) is 5.33. The molecule has 3 bridgehead atoms. The first-order chi connectivity index (χ1) is 16.5. The molecule has 4 aliphatic rings. The maximum absolute atomic E-state index is 13.1. The van der Waals surface area contributed by atoms with E-state index in [1.165, 1.54) is 44.2 Å². The normalized spacial score (nSPS) is 32.6. The largest absolute Gasteiger partial charge is 0.379 e. The van der Waals surface area contributed by atoms with Crippen molar-refractivity contribution in [3.05, 3.63) is 64.6 Å². The molecular formula is C28H31ClN4O. The van der Waals surface area contributed by atoms with Crippen LogP contribution in [0, 0.1) is 23.2 Å². The highest BCUT2D eigenvalue weighted by molar-refractivity contribution is 6.30. The molecule has 2 heterocycles. The van der Waals surface area contributed by atoms with Crippen molar-refractivity contribution in [2.24, 2.45) is 23.2 Å². The van der Waals surface area contributed by atoms with Gasteiger partial charge in [0.15, 0.2) is 0 Å². The summed E-state index contributed by atoms with van der Waals surface area (Å²) >= 11 is 6.11. The Kier molecular flexibility index (Phi) is 4.43. The van der Waals surface area contributed by atoms with Gasteiger partial charge in [-0.25, -0.2) is 4.98 Å². The zero-order chi connectivity index (χ0) is 23.1. The van der Waals surface area contributed by atoms with Gasteiger partial charge in [0.2, 0.25) is 0 Å². The number of carbonyl (C=O) groups is 1. The Bertz CT molecular complexity index is 1290. The number of hydrogen-bond donors (Lipinski definition) is 2. The third kappa shape index (κ3) is 2.85. The van der Waals surface area contributed by atoms with E-state index in [0.29, 0.717) is 40.3 Å². The maximum atomic E-state index is 13.1. The lowest BCUT2D eigenvalue weighted by molar-refractivity contribution is -0.0124.